The molecule has 1 aliphatic carbocycles. The minimum Gasteiger partial charge on any atom is -0.504 e. The predicted molar refractivity (Wildman–Crippen MR) is 126 cm³/mol. The number of phenols is 2. The summed E-state index contributed by atoms with van der Waals surface area (Å²) in [5, 5.41) is 26.7. The molecule has 1 atom stereocenters. The van der Waals surface area contributed by atoms with Crippen molar-refractivity contribution in [2.75, 3.05) is 19.6 Å². The third kappa shape index (κ3) is 7.39. The van der Waals surface area contributed by atoms with E-state index in [1.807, 2.05) is 6.07 Å². The zero-order chi connectivity index (χ0) is 18.2. The lowest BCUT2D eigenvalue weighted by molar-refractivity contribution is 0.388. The number of phenolic OH excluding ortho intramolecular Hbond substituents is 2. The van der Waals surface area contributed by atoms with Crippen LogP contribution in [0.15, 0.2) is 42.5 Å². The Hall–Kier alpha value is -1.08. The van der Waals surface area contributed by atoms with Gasteiger partial charge in [-0.2, -0.15) is 0 Å². The third-order valence-corrected chi connectivity index (χ3v) is 5.21. The minimum atomic E-state index is -0.00470. The van der Waals surface area contributed by atoms with Crippen molar-refractivity contribution in [3.8, 4) is 11.5 Å². The number of fused-ring (bicyclic) bond motifs is 1. The van der Waals surface area contributed by atoms with Crippen molar-refractivity contribution < 1.29 is 10.2 Å². The molecular formula is C22H32Br2N2O2. The molecule has 28 heavy (non-hydrogen) atoms. The van der Waals surface area contributed by atoms with Gasteiger partial charge in [-0.25, -0.2) is 0 Å². The molecule has 0 aromatic heterocycles. The van der Waals surface area contributed by atoms with E-state index in [-0.39, 0.29) is 45.5 Å². The first-order chi connectivity index (χ1) is 12.7. The van der Waals surface area contributed by atoms with Crippen molar-refractivity contribution in [1.82, 2.24) is 10.6 Å². The van der Waals surface area contributed by atoms with Crippen LogP contribution in [0.1, 0.15) is 36.0 Å². The van der Waals surface area contributed by atoms with Crippen LogP contribution in [0.2, 0.25) is 0 Å². The lowest BCUT2D eigenvalue weighted by Crippen LogP contribution is -2.35. The molecule has 0 bridgehead atoms. The number of aromatic hydroxyl groups is 2. The van der Waals surface area contributed by atoms with Gasteiger partial charge in [0, 0.05) is 11.6 Å². The Bertz CT molecular complexity index is 698. The maximum atomic E-state index is 9.94. The molecular weight excluding hydrogens is 484 g/mol. The van der Waals surface area contributed by atoms with Crippen molar-refractivity contribution in [2.45, 2.75) is 44.6 Å². The van der Waals surface area contributed by atoms with Gasteiger partial charge < -0.3 is 20.8 Å². The molecule has 0 fully saturated rings. The van der Waals surface area contributed by atoms with E-state index in [0.29, 0.717) is 6.04 Å². The van der Waals surface area contributed by atoms with Gasteiger partial charge in [0.15, 0.2) is 11.5 Å². The van der Waals surface area contributed by atoms with Crippen molar-refractivity contribution in [3.63, 3.8) is 0 Å². The summed E-state index contributed by atoms with van der Waals surface area (Å²) in [6.45, 7) is 3.13. The SMILES string of the molecule is Br.Br.Oc1ccc2c(c1O)CCC(NCCCCNCCc1ccccc1)C2. The van der Waals surface area contributed by atoms with Crippen LogP contribution < -0.4 is 10.6 Å². The summed E-state index contributed by atoms with van der Waals surface area (Å²) in [7, 11) is 0. The van der Waals surface area contributed by atoms with Gasteiger partial charge in [0.1, 0.15) is 0 Å². The van der Waals surface area contributed by atoms with E-state index in [1.54, 1.807) is 6.07 Å². The fraction of sp³-hybridized carbons (Fsp3) is 0.455. The molecule has 4 nitrogen and oxygen atoms in total. The van der Waals surface area contributed by atoms with Crippen LogP contribution in [0.3, 0.4) is 0 Å². The van der Waals surface area contributed by atoms with Gasteiger partial charge in [-0.05, 0) is 75.4 Å². The van der Waals surface area contributed by atoms with E-state index < -0.39 is 0 Å². The summed E-state index contributed by atoms with van der Waals surface area (Å²) < 4.78 is 0. The van der Waals surface area contributed by atoms with Gasteiger partial charge >= 0.3 is 0 Å². The highest BCUT2D eigenvalue weighted by Gasteiger charge is 2.21. The number of hydrogen-bond donors (Lipinski definition) is 4. The van der Waals surface area contributed by atoms with Gasteiger partial charge in [-0.3, -0.25) is 0 Å². The third-order valence-electron chi connectivity index (χ3n) is 5.21. The summed E-state index contributed by atoms with van der Waals surface area (Å²) in [5.74, 6) is 0.0671. The molecule has 1 unspecified atom stereocenters. The Morgan fingerprint density at radius 2 is 1.64 bits per heavy atom. The molecule has 1 aliphatic rings. The predicted octanol–water partition coefficient (Wildman–Crippen LogP) is 4.31. The van der Waals surface area contributed by atoms with Crippen molar-refractivity contribution in [3.05, 3.63) is 59.2 Å². The van der Waals surface area contributed by atoms with Gasteiger partial charge in [-0.15, -0.1) is 34.0 Å². The van der Waals surface area contributed by atoms with Crippen molar-refractivity contribution in [1.29, 1.82) is 0 Å². The topological polar surface area (TPSA) is 64.5 Å². The fourth-order valence-corrected chi connectivity index (χ4v) is 3.68. The Balaban J connectivity index is 0.00000196. The van der Waals surface area contributed by atoms with Crippen LogP contribution in [0.25, 0.3) is 0 Å². The fourth-order valence-electron chi connectivity index (χ4n) is 3.68. The molecule has 0 spiro atoms. The summed E-state index contributed by atoms with van der Waals surface area (Å²) in [5.41, 5.74) is 3.47. The first-order valence-electron chi connectivity index (χ1n) is 9.75. The summed E-state index contributed by atoms with van der Waals surface area (Å²) >= 11 is 0. The molecule has 156 valence electrons. The maximum absolute atomic E-state index is 9.94. The van der Waals surface area contributed by atoms with E-state index in [1.165, 1.54) is 18.4 Å². The van der Waals surface area contributed by atoms with Crippen LogP contribution >= 0.6 is 34.0 Å². The molecule has 0 saturated carbocycles. The standard InChI is InChI=1S/C22H30N2O2.2BrH/c25-21-11-8-18-16-19(9-10-20(18)22(21)26)24-14-5-4-13-23-15-12-17-6-2-1-3-7-17;;/h1-3,6-8,11,19,23-26H,4-5,9-10,12-16H2;2*1H. The lowest BCUT2D eigenvalue weighted by atomic mass is 9.87. The van der Waals surface area contributed by atoms with Crippen molar-refractivity contribution in [2.24, 2.45) is 0 Å². The average molecular weight is 516 g/mol. The highest BCUT2D eigenvalue weighted by Crippen LogP contribution is 2.35. The molecule has 3 rings (SSSR count). The van der Waals surface area contributed by atoms with Crippen LogP contribution in [-0.4, -0.2) is 35.9 Å². The van der Waals surface area contributed by atoms with Crippen LogP contribution in [0.4, 0.5) is 0 Å². The summed E-state index contributed by atoms with van der Waals surface area (Å²) in [4.78, 5) is 0. The largest absolute Gasteiger partial charge is 0.504 e. The van der Waals surface area contributed by atoms with E-state index >= 15 is 0 Å². The molecule has 0 amide bonds. The van der Waals surface area contributed by atoms with E-state index in [0.717, 1.165) is 56.4 Å². The first-order valence-corrected chi connectivity index (χ1v) is 9.75. The monoisotopic (exact) mass is 514 g/mol. The number of halogens is 2. The minimum absolute atomic E-state index is 0. The molecule has 0 heterocycles. The molecule has 4 N–H and O–H groups in total. The Morgan fingerprint density at radius 1 is 0.893 bits per heavy atom. The Labute approximate surface area is 189 Å². The molecule has 0 saturated heterocycles. The lowest BCUT2D eigenvalue weighted by Gasteiger charge is -2.26. The molecule has 0 radical (unpaired) electrons. The smallest absolute Gasteiger partial charge is 0.160 e. The second kappa shape index (κ2) is 13.2. The summed E-state index contributed by atoms with van der Waals surface area (Å²) in [6.07, 6.45) is 6.21. The number of benzene rings is 2. The quantitative estimate of drug-likeness (QED) is 0.297. The second-order valence-corrected chi connectivity index (χ2v) is 7.16. The Morgan fingerprint density at radius 3 is 2.43 bits per heavy atom. The number of hydrogen-bond acceptors (Lipinski definition) is 4. The van der Waals surface area contributed by atoms with Crippen LogP contribution in [-0.2, 0) is 19.3 Å². The van der Waals surface area contributed by atoms with Gasteiger partial charge in [-0.1, -0.05) is 36.4 Å². The van der Waals surface area contributed by atoms with Crippen LogP contribution in [0.5, 0.6) is 11.5 Å². The van der Waals surface area contributed by atoms with Crippen molar-refractivity contribution >= 4 is 34.0 Å². The van der Waals surface area contributed by atoms with E-state index in [2.05, 4.69) is 41.0 Å². The number of rotatable bonds is 9. The van der Waals surface area contributed by atoms with Gasteiger partial charge in [0.25, 0.3) is 0 Å². The molecule has 0 aliphatic heterocycles. The highest BCUT2D eigenvalue weighted by atomic mass is 79.9. The molecule has 2 aromatic rings. The zero-order valence-corrected chi connectivity index (χ0v) is 19.6. The normalized spacial score (nSPS) is 15.2. The number of nitrogens with one attached hydrogen (secondary N) is 2. The van der Waals surface area contributed by atoms with Gasteiger partial charge in [0.2, 0.25) is 0 Å². The maximum Gasteiger partial charge on any atom is 0.160 e. The number of unbranched alkanes of at least 4 members (excludes halogenated alkanes) is 1. The Kier molecular flexibility index (Phi) is 11.8. The average Bonchev–Trinajstić information content (AvgIpc) is 2.68. The summed E-state index contributed by atoms with van der Waals surface area (Å²) in [6, 6.07) is 14.6. The highest BCUT2D eigenvalue weighted by molar-refractivity contribution is 8.93. The zero-order valence-electron chi connectivity index (χ0n) is 16.2. The van der Waals surface area contributed by atoms with E-state index in [4.69, 9.17) is 0 Å². The second-order valence-electron chi connectivity index (χ2n) is 7.16. The molecule has 6 heteroatoms. The van der Waals surface area contributed by atoms with Gasteiger partial charge in [0.05, 0.1) is 0 Å². The van der Waals surface area contributed by atoms with Crippen LogP contribution in [0, 0.1) is 0 Å². The van der Waals surface area contributed by atoms with E-state index in [9.17, 15) is 10.2 Å². The molecule has 2 aromatic carbocycles. The first kappa shape index (κ1) is 25.0.